The number of hydrazine groups is 1. The second kappa shape index (κ2) is 21.8. The minimum Gasteiger partial charge on any atom is -0.464 e. The van der Waals surface area contributed by atoms with Gasteiger partial charge in [0.25, 0.3) is 5.91 Å². The number of likely N-dealkylation sites (tertiary alicyclic amines) is 2. The Balaban J connectivity index is 1.00. The molecule has 1 saturated carbocycles. The maximum Gasteiger partial charge on any atom is 0.324 e. The number of thiazole rings is 1. The molecule has 2 amide bonds. The van der Waals surface area contributed by atoms with Crippen LogP contribution in [0.3, 0.4) is 0 Å². The summed E-state index contributed by atoms with van der Waals surface area (Å²) in [7, 11) is 1.76. The average Bonchev–Trinajstić information content (AvgIpc) is 3.89. The van der Waals surface area contributed by atoms with Crippen molar-refractivity contribution >= 4 is 40.0 Å². The molecule has 1 unspecified atom stereocenters. The number of pyridine rings is 1. The molecule has 8 aliphatic rings. The van der Waals surface area contributed by atoms with Gasteiger partial charge in [0.05, 0.1) is 67.4 Å². The Bertz CT molecular complexity index is 2910. The Kier molecular flexibility index (Phi) is 15.2. The summed E-state index contributed by atoms with van der Waals surface area (Å²) < 4.78 is 39.8. The van der Waals surface area contributed by atoms with Crippen molar-refractivity contribution in [3.05, 3.63) is 57.7 Å². The number of methoxy groups -OCH3 is 1. The average molecular weight is 1110 g/mol. The van der Waals surface area contributed by atoms with E-state index in [-0.39, 0.29) is 41.6 Å². The molecule has 18 heteroatoms. The Morgan fingerprint density at radius 2 is 1.77 bits per heavy atom. The number of ether oxygens (including phenoxy) is 6. The van der Waals surface area contributed by atoms with Crippen molar-refractivity contribution in [2.75, 3.05) is 79.5 Å². The number of amides is 2. The highest BCUT2D eigenvalue weighted by molar-refractivity contribution is 7.10. The summed E-state index contributed by atoms with van der Waals surface area (Å²) in [5.74, 6) is -0.700. The largest absolute Gasteiger partial charge is 0.464 e. The fraction of sp³-hybridized carbons (Fsp3) is 0.689. The molecule has 7 fully saturated rings. The standard InChI is InChI=1S/C61H84N8O9S/c1-37(73-8)49-44(27-40(30-62-49)38-15-20-66(21-16-38)41-12-13-41)51-45-29-58(2,3)34-77-57(72)46-10-9-19-69(65-46)56(71)50(64-54(70)53-59(4,5)35-76-53)52(67-32-61(33-67)18-24-74-36-61)55-63-47(31-79-55)39-11-14-48(43(45)26-39)68(51)22-25-75-42-17-23-78-60(6,7)28-42/h11,14,26-27,30-31,37-38,41-42,46,50,52-53,65H,9-10,12-13,15-25,28-29,32-36H2,1-8H3,(H,64,70)/t37-,42?,46-,50-,52-,53+/m0/s1. The van der Waals surface area contributed by atoms with Gasteiger partial charge in [-0.15, -0.1) is 11.3 Å². The van der Waals surface area contributed by atoms with Crippen molar-refractivity contribution in [1.29, 1.82) is 0 Å². The molecule has 1 aliphatic carbocycles. The van der Waals surface area contributed by atoms with Crippen molar-refractivity contribution in [1.82, 2.24) is 40.1 Å². The van der Waals surface area contributed by atoms with Gasteiger partial charge in [-0.2, -0.15) is 0 Å². The number of rotatable bonds is 12. The zero-order chi connectivity index (χ0) is 55.0. The SMILES string of the molecule is CO[C@@H](C)c1ncc(C2CCN(C3CC3)CC2)cc1-c1c2c3cc(ccc3n1CCOC1CCOC(C)(C)C1)-c1csc(n1)[C@@H](N1CC3(CCOC3)C1)[C@H](NC(=O)[C@H]1OCC1(C)C)C(=O)N1CCC[C@H](N1)C(=O)OCC(C)(C)C2. The van der Waals surface area contributed by atoms with Gasteiger partial charge in [-0.25, -0.2) is 10.4 Å². The molecule has 2 N–H and O–H groups in total. The first-order chi connectivity index (χ1) is 37.9. The normalized spacial score (nSPS) is 28.7. The number of hydrogen-bond acceptors (Lipinski definition) is 15. The number of piperidine rings is 1. The Hall–Kier alpha value is -4.37. The minimum absolute atomic E-state index is 0.0306. The van der Waals surface area contributed by atoms with E-state index in [2.05, 4.69) is 95.6 Å². The molecule has 7 aliphatic heterocycles. The summed E-state index contributed by atoms with van der Waals surface area (Å²) in [5.41, 5.74) is 10.2. The first-order valence-corrected chi connectivity index (χ1v) is 30.4. The number of hydrogen-bond donors (Lipinski definition) is 2. The van der Waals surface area contributed by atoms with Gasteiger partial charge in [0, 0.05) is 109 Å². The smallest absolute Gasteiger partial charge is 0.324 e. The van der Waals surface area contributed by atoms with Crippen molar-refractivity contribution in [2.45, 2.75) is 173 Å². The number of esters is 1. The van der Waals surface area contributed by atoms with Gasteiger partial charge < -0.3 is 43.2 Å². The molecule has 1 aromatic carbocycles. The Morgan fingerprint density at radius 3 is 2.48 bits per heavy atom. The first kappa shape index (κ1) is 55.2. The maximum atomic E-state index is 15.3. The molecule has 1 spiro atoms. The molecular formula is C61H84N8O9S. The number of nitrogens with one attached hydrogen (secondary N) is 2. The zero-order valence-corrected chi connectivity index (χ0v) is 48.7. The number of carbonyl (C=O) groups excluding carboxylic acids is 3. The lowest BCUT2D eigenvalue weighted by atomic mass is 9.77. The molecule has 428 valence electrons. The molecule has 3 aromatic heterocycles. The second-order valence-corrected chi connectivity index (χ2v) is 27.5. The lowest BCUT2D eigenvalue weighted by molar-refractivity contribution is -0.185. The molecule has 79 heavy (non-hydrogen) atoms. The third-order valence-electron chi connectivity index (χ3n) is 18.7. The van der Waals surface area contributed by atoms with Crippen molar-refractivity contribution in [3.8, 4) is 22.5 Å². The van der Waals surface area contributed by atoms with Crippen LogP contribution in [0.25, 0.3) is 33.4 Å². The number of aromatic nitrogens is 3. The van der Waals surface area contributed by atoms with Gasteiger partial charge in [-0.3, -0.25) is 29.3 Å². The zero-order valence-electron chi connectivity index (χ0n) is 47.9. The van der Waals surface area contributed by atoms with Gasteiger partial charge in [0.15, 0.2) is 0 Å². The Morgan fingerprint density at radius 1 is 0.962 bits per heavy atom. The summed E-state index contributed by atoms with van der Waals surface area (Å²) in [4.78, 5) is 60.0. The quantitative estimate of drug-likeness (QED) is 0.130. The van der Waals surface area contributed by atoms with Crippen LogP contribution in [-0.4, -0.2) is 163 Å². The summed E-state index contributed by atoms with van der Waals surface area (Å²) in [5, 5.41) is 8.66. The lowest BCUT2D eigenvalue weighted by Crippen LogP contribution is -2.67. The van der Waals surface area contributed by atoms with Gasteiger partial charge in [-0.1, -0.05) is 33.8 Å². The van der Waals surface area contributed by atoms with Gasteiger partial charge in [0.2, 0.25) is 5.91 Å². The fourth-order valence-corrected chi connectivity index (χ4v) is 14.9. The summed E-state index contributed by atoms with van der Waals surface area (Å²) in [6.07, 6.45) is 10.2. The van der Waals surface area contributed by atoms with Crippen LogP contribution < -0.4 is 10.7 Å². The van der Waals surface area contributed by atoms with E-state index in [1.54, 1.807) is 7.11 Å². The molecule has 0 radical (unpaired) electrons. The summed E-state index contributed by atoms with van der Waals surface area (Å²) >= 11 is 1.51. The van der Waals surface area contributed by atoms with Gasteiger partial charge in [-0.05, 0) is 127 Å². The highest BCUT2D eigenvalue weighted by Crippen LogP contribution is 2.48. The predicted octanol–water partition coefficient (Wildman–Crippen LogP) is 8.14. The molecule has 17 nitrogen and oxygen atoms in total. The van der Waals surface area contributed by atoms with Crippen LogP contribution in [0, 0.1) is 16.2 Å². The van der Waals surface area contributed by atoms with Crippen molar-refractivity contribution in [3.63, 3.8) is 0 Å². The van der Waals surface area contributed by atoms with E-state index < -0.39 is 41.0 Å². The summed E-state index contributed by atoms with van der Waals surface area (Å²) in [6, 6.07) is 7.40. The van der Waals surface area contributed by atoms with Crippen LogP contribution in [0.4, 0.5) is 0 Å². The van der Waals surface area contributed by atoms with Gasteiger partial charge >= 0.3 is 5.97 Å². The van der Waals surface area contributed by atoms with Crippen LogP contribution in [0.2, 0.25) is 0 Å². The highest BCUT2D eigenvalue weighted by Gasteiger charge is 2.54. The molecule has 6 atom stereocenters. The van der Waals surface area contributed by atoms with Crippen LogP contribution in [-0.2, 0) is 55.8 Å². The molecular weight excluding hydrogens is 1020 g/mol. The van der Waals surface area contributed by atoms with E-state index in [1.165, 1.54) is 34.8 Å². The predicted molar refractivity (Wildman–Crippen MR) is 301 cm³/mol. The molecule has 12 rings (SSSR count). The molecule has 10 heterocycles. The van der Waals surface area contributed by atoms with E-state index in [4.69, 9.17) is 38.4 Å². The number of fused-ring (bicyclic) bond motifs is 6. The fourth-order valence-electron chi connectivity index (χ4n) is 13.9. The number of cyclic esters (lactones) is 1. The lowest BCUT2D eigenvalue weighted by Gasteiger charge is -2.52. The van der Waals surface area contributed by atoms with E-state index >= 15 is 4.79 Å². The topological polar surface area (TPSA) is 171 Å². The maximum absolute atomic E-state index is 15.3. The minimum atomic E-state index is -1.05. The third-order valence-corrected chi connectivity index (χ3v) is 19.6. The Labute approximate surface area is 470 Å². The summed E-state index contributed by atoms with van der Waals surface area (Å²) in [6.45, 7) is 22.3. The van der Waals surface area contributed by atoms with E-state index in [0.29, 0.717) is 84.4 Å². The monoisotopic (exact) mass is 1100 g/mol. The van der Waals surface area contributed by atoms with Crippen LogP contribution in [0.5, 0.6) is 0 Å². The molecule has 6 bridgehead atoms. The molecule has 6 saturated heterocycles. The van der Waals surface area contributed by atoms with E-state index in [9.17, 15) is 9.59 Å². The second-order valence-electron chi connectivity index (χ2n) is 26.6. The van der Waals surface area contributed by atoms with E-state index in [0.717, 1.165) is 101 Å². The van der Waals surface area contributed by atoms with Gasteiger partial charge in [0.1, 0.15) is 23.2 Å². The number of nitrogens with zero attached hydrogens (tertiary/aromatic N) is 6. The highest BCUT2D eigenvalue weighted by atomic mass is 32.1. The van der Waals surface area contributed by atoms with E-state index in [1.807, 2.05) is 13.8 Å². The van der Waals surface area contributed by atoms with Crippen LogP contribution in [0.15, 0.2) is 35.8 Å². The third kappa shape index (κ3) is 11.2. The number of benzene rings is 1. The molecule has 4 aromatic rings. The van der Waals surface area contributed by atoms with Crippen LogP contribution >= 0.6 is 11.3 Å². The van der Waals surface area contributed by atoms with Crippen molar-refractivity contribution in [2.24, 2.45) is 16.2 Å². The van der Waals surface area contributed by atoms with Crippen LogP contribution in [0.1, 0.15) is 146 Å². The first-order valence-electron chi connectivity index (χ1n) is 29.5. The van der Waals surface area contributed by atoms with Crippen molar-refractivity contribution < 1.29 is 42.8 Å². The number of carbonyl (C=O) groups is 3.